The van der Waals surface area contributed by atoms with Gasteiger partial charge < -0.3 is 20.3 Å². The molecule has 0 saturated heterocycles. The van der Waals surface area contributed by atoms with Gasteiger partial charge in [0.25, 0.3) is 0 Å². The van der Waals surface area contributed by atoms with E-state index in [9.17, 15) is 0 Å². The van der Waals surface area contributed by atoms with E-state index in [0.717, 1.165) is 19.3 Å². The first-order chi connectivity index (χ1) is 14.2. The summed E-state index contributed by atoms with van der Waals surface area (Å²) in [6.07, 6.45) is 2.91. The number of aliphatic hydroxyl groups excluding tert-OH is 3. The van der Waals surface area contributed by atoms with E-state index in [1.807, 2.05) is 0 Å². The van der Waals surface area contributed by atoms with Crippen LogP contribution in [0, 0.1) is 0 Å². The Morgan fingerprint density at radius 3 is 1.15 bits per heavy atom. The summed E-state index contributed by atoms with van der Waals surface area (Å²) >= 11 is 0. The van der Waals surface area contributed by atoms with Crippen molar-refractivity contribution >= 4 is 0 Å². The van der Waals surface area contributed by atoms with Gasteiger partial charge in [0.05, 0.1) is 0 Å². The summed E-state index contributed by atoms with van der Waals surface area (Å²) in [5, 5.41) is 24.2. The van der Waals surface area contributed by atoms with E-state index < -0.39 is 0 Å². The van der Waals surface area contributed by atoms with Crippen molar-refractivity contribution in [1.29, 1.82) is 0 Å². The second-order valence-corrected chi connectivity index (χ2v) is 11.4. The van der Waals surface area contributed by atoms with Crippen molar-refractivity contribution in [3.63, 3.8) is 0 Å². The third kappa shape index (κ3) is 18.8. The zero-order valence-corrected chi connectivity index (χ0v) is 26.3. The van der Waals surface area contributed by atoms with Crippen LogP contribution in [-0.4, -0.2) is 33.6 Å². The molecule has 4 nitrogen and oxygen atoms in total. The van der Waals surface area contributed by atoms with Crippen molar-refractivity contribution in [3.8, 4) is 0 Å². The minimum Gasteiger partial charge on any atom is -0.664 e. The fourth-order valence-electron chi connectivity index (χ4n) is 2.34. The number of rotatable bonds is 6. The van der Waals surface area contributed by atoms with Crippen molar-refractivity contribution in [3.05, 3.63) is 23.0 Å². The molecule has 0 unspecified atom stereocenters. The molecule has 0 aliphatic carbocycles. The molecular weight excluding hydrogens is 446 g/mol. The molecule has 1 heterocycles. The molecule has 0 aliphatic heterocycles. The molecule has 3 N–H and O–H groups in total. The maximum absolute atomic E-state index is 8.06. The molecule has 0 saturated carbocycles. The second-order valence-electron chi connectivity index (χ2n) is 11.4. The molecule has 5 heteroatoms. The minimum atomic E-state index is -0.167. The standard InChI is InChI=1S/C19H34N.3C3H8O.Ti/c1-10-17(4,5)14-13-15(18(6,7)11-2)20-16(14)19(8,9)12-3;3*1-3(2)4;/h13H,10-12H2,1-9H3;3*3-4H,1-2H3;/q-1;;;;. The zero-order valence-electron chi connectivity index (χ0n) is 24.7. The predicted octanol–water partition coefficient (Wildman–Crippen LogP) is 6.87. The average molecular weight is 505 g/mol. The van der Waals surface area contributed by atoms with Crippen molar-refractivity contribution in [2.24, 2.45) is 0 Å². The van der Waals surface area contributed by atoms with Crippen molar-refractivity contribution in [2.45, 2.75) is 158 Å². The van der Waals surface area contributed by atoms with Gasteiger partial charge in [0, 0.05) is 40.0 Å². The van der Waals surface area contributed by atoms with Crippen molar-refractivity contribution in [2.75, 3.05) is 0 Å². The quantitative estimate of drug-likeness (QED) is 0.370. The molecule has 0 atom stereocenters. The SMILES string of the molecule is CC(C)O.CC(C)O.CC(C)O.CCC(C)(C)c1cc(C(C)(C)CC)c(C(C)(C)CC)[n-]1.[Ti]. The fraction of sp³-hybridized carbons (Fsp3) is 0.857. The summed E-state index contributed by atoms with van der Waals surface area (Å²) in [4.78, 5) is 5.11. The molecule has 1 aromatic rings. The molecule has 0 fully saturated rings. The molecule has 0 aliphatic rings. The van der Waals surface area contributed by atoms with Gasteiger partial charge in [0.15, 0.2) is 0 Å². The van der Waals surface area contributed by atoms with Gasteiger partial charge in [-0.05, 0) is 77.0 Å². The number of hydrogen-bond donors (Lipinski definition) is 3. The first-order valence-corrected chi connectivity index (χ1v) is 12.4. The van der Waals surface area contributed by atoms with Crippen LogP contribution < -0.4 is 4.98 Å². The molecule has 0 radical (unpaired) electrons. The molecule has 0 bridgehead atoms. The summed E-state index contributed by atoms with van der Waals surface area (Å²) in [6.45, 7) is 31.1. The van der Waals surface area contributed by atoms with Gasteiger partial charge in [-0.2, -0.15) is 11.4 Å². The van der Waals surface area contributed by atoms with Crippen LogP contribution in [0.25, 0.3) is 0 Å². The van der Waals surface area contributed by atoms with Crippen LogP contribution in [0.2, 0.25) is 0 Å². The van der Waals surface area contributed by atoms with E-state index in [0.29, 0.717) is 0 Å². The van der Waals surface area contributed by atoms with Crippen LogP contribution in [0.1, 0.15) is 140 Å². The molecule has 1 aromatic heterocycles. The van der Waals surface area contributed by atoms with E-state index in [4.69, 9.17) is 20.3 Å². The van der Waals surface area contributed by atoms with E-state index in [2.05, 4.69) is 68.4 Å². The maximum Gasteiger partial charge on any atom is 0.0483 e. The molecule has 33 heavy (non-hydrogen) atoms. The van der Waals surface area contributed by atoms with E-state index in [1.165, 1.54) is 17.0 Å². The van der Waals surface area contributed by atoms with Crippen LogP contribution in [0.5, 0.6) is 0 Å². The Labute approximate surface area is 222 Å². The number of nitrogens with zero attached hydrogens (tertiary/aromatic N) is 1. The molecule has 0 aromatic carbocycles. The monoisotopic (exact) mass is 504 g/mol. The van der Waals surface area contributed by atoms with Crippen LogP contribution in [0.15, 0.2) is 6.07 Å². The smallest absolute Gasteiger partial charge is 0.0483 e. The Morgan fingerprint density at radius 1 is 0.636 bits per heavy atom. The van der Waals surface area contributed by atoms with Crippen molar-refractivity contribution in [1.82, 2.24) is 4.98 Å². The Morgan fingerprint density at radius 2 is 0.909 bits per heavy atom. The van der Waals surface area contributed by atoms with Gasteiger partial charge in [-0.25, -0.2) is 0 Å². The largest absolute Gasteiger partial charge is 0.664 e. The predicted molar refractivity (Wildman–Crippen MR) is 142 cm³/mol. The second kappa shape index (κ2) is 18.2. The molecule has 1 rings (SSSR count). The average Bonchev–Trinajstić information content (AvgIpc) is 3.08. The van der Waals surface area contributed by atoms with E-state index >= 15 is 0 Å². The number of hydrogen-bond acceptors (Lipinski definition) is 3. The normalized spacial score (nSPS) is 11.7. The summed E-state index contributed by atoms with van der Waals surface area (Å²) in [5.41, 5.74) is 4.58. The van der Waals surface area contributed by atoms with Gasteiger partial charge in [-0.3, -0.25) is 0 Å². The van der Waals surface area contributed by atoms with E-state index in [-0.39, 0.29) is 56.3 Å². The summed E-state index contributed by atoms with van der Waals surface area (Å²) in [7, 11) is 0. The minimum absolute atomic E-state index is 0. The summed E-state index contributed by atoms with van der Waals surface area (Å²) in [5.74, 6) is 0. The fourth-order valence-corrected chi connectivity index (χ4v) is 2.34. The van der Waals surface area contributed by atoms with Crippen LogP contribution >= 0.6 is 0 Å². The van der Waals surface area contributed by atoms with Gasteiger partial charge in [0.1, 0.15) is 0 Å². The summed E-state index contributed by atoms with van der Waals surface area (Å²) in [6, 6.07) is 2.39. The third-order valence-corrected chi connectivity index (χ3v) is 5.48. The Bertz CT molecular complexity index is 532. The Kier molecular flexibility index (Phi) is 22.1. The first kappa shape index (κ1) is 40.1. The number of aromatic nitrogens is 1. The van der Waals surface area contributed by atoms with Gasteiger partial charge in [-0.1, -0.05) is 73.9 Å². The van der Waals surface area contributed by atoms with Gasteiger partial charge in [-0.15, -0.1) is 0 Å². The third-order valence-electron chi connectivity index (χ3n) is 5.48. The molecule has 0 amide bonds. The van der Waals surface area contributed by atoms with E-state index in [1.54, 1.807) is 41.5 Å². The molecule has 0 spiro atoms. The maximum atomic E-state index is 8.06. The zero-order chi connectivity index (χ0) is 26.5. The first-order valence-electron chi connectivity index (χ1n) is 12.4. The van der Waals surface area contributed by atoms with Gasteiger partial charge >= 0.3 is 0 Å². The number of aliphatic hydroxyl groups is 3. The van der Waals surface area contributed by atoms with Crippen LogP contribution in [-0.2, 0) is 38.0 Å². The summed E-state index contributed by atoms with van der Waals surface area (Å²) < 4.78 is 0. The topological polar surface area (TPSA) is 74.8 Å². The van der Waals surface area contributed by atoms with Crippen LogP contribution in [0.3, 0.4) is 0 Å². The Balaban J connectivity index is -0.000000268. The molecular formula is C28H58NO3Ti-. The van der Waals surface area contributed by atoms with Gasteiger partial charge in [0.2, 0.25) is 0 Å². The van der Waals surface area contributed by atoms with Crippen LogP contribution in [0.4, 0.5) is 0 Å². The van der Waals surface area contributed by atoms with Crippen molar-refractivity contribution < 1.29 is 37.0 Å². The Hall–Kier alpha value is -0.126. The molecule has 198 valence electrons.